The molecule has 0 saturated heterocycles. The second-order valence-electron chi connectivity index (χ2n) is 5.48. The first-order valence-electron chi connectivity index (χ1n) is 7.91. The van der Waals surface area contributed by atoms with Crippen LogP contribution in [0.2, 0.25) is 0 Å². The van der Waals surface area contributed by atoms with Gasteiger partial charge in [0.1, 0.15) is 11.0 Å². The van der Waals surface area contributed by atoms with Gasteiger partial charge in [-0.25, -0.2) is 0 Å². The van der Waals surface area contributed by atoms with Crippen molar-refractivity contribution < 1.29 is 18.5 Å². The summed E-state index contributed by atoms with van der Waals surface area (Å²) in [6.07, 6.45) is -0.153. The predicted molar refractivity (Wildman–Crippen MR) is 96.1 cm³/mol. The lowest BCUT2D eigenvalue weighted by Gasteiger charge is -2.23. The van der Waals surface area contributed by atoms with Crippen molar-refractivity contribution in [1.29, 1.82) is 0 Å². The summed E-state index contributed by atoms with van der Waals surface area (Å²) >= 11 is 0. The molecule has 0 aliphatic carbocycles. The van der Waals surface area contributed by atoms with E-state index in [0.29, 0.717) is 28.6 Å². The molecule has 0 fully saturated rings. The lowest BCUT2D eigenvalue weighted by atomic mass is 10.2. The molecule has 0 aromatic heterocycles. The molecule has 0 saturated carbocycles. The highest BCUT2D eigenvalue weighted by molar-refractivity contribution is 7.86. The quantitative estimate of drug-likeness (QED) is 0.860. The maximum atomic E-state index is 12.6. The van der Waals surface area contributed by atoms with Crippen LogP contribution in [0.15, 0.2) is 53.4 Å². The van der Waals surface area contributed by atoms with E-state index in [-0.39, 0.29) is 12.3 Å². The molecule has 0 unspecified atom stereocenters. The number of para-hydroxylation sites is 1. The number of ether oxygens (including phenoxy) is 1. The van der Waals surface area contributed by atoms with Crippen molar-refractivity contribution in [3.63, 3.8) is 0 Å². The average molecular weight is 358 g/mol. The van der Waals surface area contributed by atoms with Gasteiger partial charge in [-0.3, -0.25) is 13.8 Å². The first-order valence-corrected chi connectivity index (χ1v) is 9.13. The molecule has 2 aromatic carbocycles. The van der Waals surface area contributed by atoms with Crippen molar-refractivity contribution in [1.82, 2.24) is 0 Å². The molecule has 1 heterocycles. The van der Waals surface area contributed by atoms with Crippen molar-refractivity contribution in [2.75, 3.05) is 17.2 Å². The fraction of sp³-hybridized carbons (Fsp3) is 0.222. The number of hydrogen-bond donors (Lipinski definition) is 2. The minimum Gasteiger partial charge on any atom is -0.494 e. The molecule has 0 radical (unpaired) electrons. The van der Waals surface area contributed by atoms with Crippen LogP contribution in [0.4, 0.5) is 11.4 Å². The number of anilines is 2. The molecule has 7 heteroatoms. The SMILES string of the molecule is CCOc1ccc(NC(=O)C[C@@H]2C(=O)Nc3ccccc3[S@]2=O)cc1. The maximum Gasteiger partial charge on any atom is 0.241 e. The van der Waals surface area contributed by atoms with Crippen LogP contribution in [0.5, 0.6) is 5.75 Å². The van der Waals surface area contributed by atoms with Gasteiger partial charge in [0.2, 0.25) is 11.8 Å². The standard InChI is InChI=1S/C18H18N2O4S/c1-2-24-13-9-7-12(8-10-13)19-17(21)11-16-18(22)20-14-5-3-4-6-15(14)25(16)23/h3-10,16H,2,11H2,1H3,(H,19,21)(H,20,22)/t16-,25-/m1/s1. The number of amides is 2. The maximum absolute atomic E-state index is 12.6. The van der Waals surface area contributed by atoms with Gasteiger partial charge in [0.05, 0.1) is 34.4 Å². The second-order valence-corrected chi connectivity index (χ2v) is 7.08. The van der Waals surface area contributed by atoms with Gasteiger partial charge in [0.25, 0.3) is 0 Å². The Hall–Kier alpha value is -2.67. The molecule has 1 aliphatic heterocycles. The first-order chi connectivity index (χ1) is 12.1. The fourth-order valence-electron chi connectivity index (χ4n) is 2.56. The zero-order chi connectivity index (χ0) is 17.8. The zero-order valence-electron chi connectivity index (χ0n) is 13.7. The smallest absolute Gasteiger partial charge is 0.241 e. The van der Waals surface area contributed by atoms with E-state index >= 15 is 0 Å². The summed E-state index contributed by atoms with van der Waals surface area (Å²) in [6, 6.07) is 13.8. The number of rotatable bonds is 5. The third-order valence-corrected chi connectivity index (χ3v) is 5.42. The topological polar surface area (TPSA) is 84.5 Å². The molecule has 2 N–H and O–H groups in total. The first kappa shape index (κ1) is 17.2. The Balaban J connectivity index is 1.66. The number of nitrogens with one attached hydrogen (secondary N) is 2. The highest BCUT2D eigenvalue weighted by Crippen LogP contribution is 2.28. The van der Waals surface area contributed by atoms with Gasteiger partial charge in [0.15, 0.2) is 0 Å². The Kier molecular flexibility index (Phi) is 5.14. The Morgan fingerprint density at radius 3 is 2.64 bits per heavy atom. The van der Waals surface area contributed by atoms with Gasteiger partial charge in [-0.1, -0.05) is 12.1 Å². The fourth-order valence-corrected chi connectivity index (χ4v) is 3.97. The summed E-state index contributed by atoms with van der Waals surface area (Å²) in [5, 5.41) is 4.51. The van der Waals surface area contributed by atoms with E-state index in [0.717, 1.165) is 0 Å². The average Bonchev–Trinajstić information content (AvgIpc) is 2.60. The Morgan fingerprint density at radius 2 is 1.92 bits per heavy atom. The van der Waals surface area contributed by atoms with Crippen LogP contribution in [0.25, 0.3) is 0 Å². The number of carbonyl (C=O) groups is 2. The number of benzene rings is 2. The third kappa shape index (κ3) is 3.88. The van der Waals surface area contributed by atoms with Gasteiger partial charge in [-0.15, -0.1) is 0 Å². The largest absolute Gasteiger partial charge is 0.494 e. The Labute approximate surface area is 148 Å². The highest BCUT2D eigenvalue weighted by atomic mass is 32.2. The van der Waals surface area contributed by atoms with Gasteiger partial charge < -0.3 is 15.4 Å². The number of fused-ring (bicyclic) bond motifs is 1. The molecule has 25 heavy (non-hydrogen) atoms. The molecular weight excluding hydrogens is 340 g/mol. The van der Waals surface area contributed by atoms with Gasteiger partial charge in [0, 0.05) is 5.69 Å². The lowest BCUT2D eigenvalue weighted by molar-refractivity contribution is -0.120. The van der Waals surface area contributed by atoms with Crippen LogP contribution in [0, 0.1) is 0 Å². The predicted octanol–water partition coefficient (Wildman–Crippen LogP) is 2.54. The molecule has 2 amide bonds. The minimum atomic E-state index is -1.56. The third-order valence-electron chi connectivity index (χ3n) is 3.73. The van der Waals surface area contributed by atoms with Crippen LogP contribution >= 0.6 is 0 Å². The summed E-state index contributed by atoms with van der Waals surface area (Å²) in [6.45, 7) is 2.46. The van der Waals surface area contributed by atoms with Crippen molar-refractivity contribution >= 4 is 34.0 Å². The second kappa shape index (κ2) is 7.48. The monoisotopic (exact) mass is 358 g/mol. The summed E-state index contributed by atoms with van der Waals surface area (Å²) in [5.41, 5.74) is 1.13. The van der Waals surface area contributed by atoms with Gasteiger partial charge >= 0.3 is 0 Å². The van der Waals surface area contributed by atoms with Crippen molar-refractivity contribution in [2.45, 2.75) is 23.5 Å². The molecule has 0 bridgehead atoms. The summed E-state index contributed by atoms with van der Waals surface area (Å²) in [5.74, 6) is -0.0548. The van der Waals surface area contributed by atoms with E-state index in [1.54, 1.807) is 48.5 Å². The Bertz CT molecular complexity index is 820. The lowest BCUT2D eigenvalue weighted by Crippen LogP contribution is -2.39. The Morgan fingerprint density at radius 1 is 1.20 bits per heavy atom. The summed E-state index contributed by atoms with van der Waals surface area (Å²) in [4.78, 5) is 25.0. The van der Waals surface area contributed by atoms with Gasteiger partial charge in [-0.2, -0.15) is 0 Å². The van der Waals surface area contributed by atoms with E-state index in [1.165, 1.54) is 0 Å². The van der Waals surface area contributed by atoms with E-state index < -0.39 is 22.0 Å². The molecule has 6 nitrogen and oxygen atoms in total. The normalized spacial score (nSPS) is 18.8. The van der Waals surface area contributed by atoms with Crippen LogP contribution in [-0.2, 0) is 20.4 Å². The molecule has 3 rings (SSSR count). The van der Waals surface area contributed by atoms with E-state index in [1.807, 2.05) is 6.92 Å². The number of carbonyl (C=O) groups excluding carboxylic acids is 2. The number of hydrogen-bond acceptors (Lipinski definition) is 4. The highest BCUT2D eigenvalue weighted by Gasteiger charge is 2.34. The van der Waals surface area contributed by atoms with Crippen LogP contribution in [0.3, 0.4) is 0 Å². The summed E-state index contributed by atoms with van der Waals surface area (Å²) in [7, 11) is -1.56. The van der Waals surface area contributed by atoms with Crippen LogP contribution in [0.1, 0.15) is 13.3 Å². The summed E-state index contributed by atoms with van der Waals surface area (Å²) < 4.78 is 17.9. The molecule has 2 atom stereocenters. The molecular formula is C18H18N2O4S. The minimum absolute atomic E-state index is 0.153. The van der Waals surface area contributed by atoms with Crippen LogP contribution < -0.4 is 15.4 Å². The van der Waals surface area contributed by atoms with Crippen molar-refractivity contribution in [3.8, 4) is 5.75 Å². The van der Waals surface area contributed by atoms with E-state index in [2.05, 4.69) is 10.6 Å². The van der Waals surface area contributed by atoms with E-state index in [4.69, 9.17) is 4.74 Å². The molecule has 130 valence electrons. The molecule has 2 aromatic rings. The van der Waals surface area contributed by atoms with Crippen LogP contribution in [-0.4, -0.2) is 27.9 Å². The van der Waals surface area contributed by atoms with Crippen molar-refractivity contribution in [2.24, 2.45) is 0 Å². The molecule has 1 aliphatic rings. The zero-order valence-corrected chi connectivity index (χ0v) is 14.5. The van der Waals surface area contributed by atoms with E-state index in [9.17, 15) is 13.8 Å². The van der Waals surface area contributed by atoms with Gasteiger partial charge in [-0.05, 0) is 43.3 Å². The van der Waals surface area contributed by atoms with Crippen molar-refractivity contribution in [3.05, 3.63) is 48.5 Å². The molecule has 0 spiro atoms.